The molecule has 0 bridgehead atoms. The number of benzene rings is 2. The summed E-state index contributed by atoms with van der Waals surface area (Å²) in [5, 5.41) is 5.41. The highest BCUT2D eigenvalue weighted by molar-refractivity contribution is 8.14. The molecule has 1 aliphatic heterocycles. The maximum atomic E-state index is 12.3. The number of rotatable bonds is 6. The zero-order valence-electron chi connectivity index (χ0n) is 14.1. The number of carbonyl (C=O) groups excluding carboxylic acids is 3. The number of hydrogen-bond acceptors (Lipinski definition) is 4. The second kappa shape index (κ2) is 8.53. The van der Waals surface area contributed by atoms with Crippen molar-refractivity contribution in [2.24, 2.45) is 0 Å². The first-order chi connectivity index (χ1) is 12.6. The van der Waals surface area contributed by atoms with Crippen LogP contribution in [0.25, 0.3) is 0 Å². The highest BCUT2D eigenvalue weighted by atomic mass is 32.2. The molecule has 1 saturated heterocycles. The molecular weight excluding hydrogens is 350 g/mol. The van der Waals surface area contributed by atoms with E-state index in [2.05, 4.69) is 10.6 Å². The van der Waals surface area contributed by atoms with Crippen LogP contribution in [0.4, 0.5) is 9.59 Å². The van der Waals surface area contributed by atoms with Crippen LogP contribution in [0.2, 0.25) is 0 Å². The number of nitrogens with zero attached hydrogens (tertiary/aromatic N) is 1. The molecule has 0 atom stereocenters. The molecule has 0 saturated carbocycles. The van der Waals surface area contributed by atoms with E-state index in [1.54, 1.807) is 0 Å². The van der Waals surface area contributed by atoms with Gasteiger partial charge in [-0.2, -0.15) is 0 Å². The fourth-order valence-electron chi connectivity index (χ4n) is 2.71. The molecule has 0 aromatic heterocycles. The molecule has 134 valence electrons. The van der Waals surface area contributed by atoms with E-state index in [4.69, 9.17) is 0 Å². The number of amides is 4. The van der Waals surface area contributed by atoms with Crippen molar-refractivity contribution < 1.29 is 14.4 Å². The van der Waals surface area contributed by atoms with Crippen LogP contribution in [0.3, 0.4) is 0 Å². The Morgan fingerprint density at radius 3 is 2.08 bits per heavy atom. The van der Waals surface area contributed by atoms with Gasteiger partial charge >= 0.3 is 6.03 Å². The summed E-state index contributed by atoms with van der Waals surface area (Å²) in [6.45, 7) is 0.388. The molecule has 1 aliphatic rings. The van der Waals surface area contributed by atoms with Gasteiger partial charge in [0.05, 0.1) is 11.8 Å². The average Bonchev–Trinajstić information content (AvgIpc) is 2.99. The predicted octanol–water partition coefficient (Wildman–Crippen LogP) is 2.77. The number of imide groups is 1. The first-order valence-corrected chi connectivity index (χ1v) is 9.25. The van der Waals surface area contributed by atoms with Crippen LogP contribution in [-0.2, 0) is 4.79 Å². The molecule has 0 spiro atoms. The maximum Gasteiger partial charge on any atom is 0.315 e. The van der Waals surface area contributed by atoms with Crippen LogP contribution in [0, 0.1) is 0 Å². The highest BCUT2D eigenvalue weighted by Crippen LogP contribution is 2.21. The Balaban J connectivity index is 1.61. The lowest BCUT2D eigenvalue weighted by Crippen LogP contribution is -2.43. The van der Waals surface area contributed by atoms with Gasteiger partial charge in [-0.3, -0.25) is 14.5 Å². The lowest BCUT2D eigenvalue weighted by Gasteiger charge is -2.21. The number of urea groups is 1. The summed E-state index contributed by atoms with van der Waals surface area (Å²) in [6, 6.07) is 18.7. The van der Waals surface area contributed by atoms with Crippen molar-refractivity contribution in [3.05, 3.63) is 71.8 Å². The third kappa shape index (κ3) is 4.43. The monoisotopic (exact) mass is 369 g/mol. The molecule has 2 aromatic rings. The van der Waals surface area contributed by atoms with Gasteiger partial charge in [0.25, 0.3) is 5.24 Å². The Morgan fingerprint density at radius 1 is 1.00 bits per heavy atom. The molecule has 7 heteroatoms. The van der Waals surface area contributed by atoms with E-state index < -0.39 is 0 Å². The first kappa shape index (κ1) is 18.0. The van der Waals surface area contributed by atoms with E-state index >= 15 is 0 Å². The standard InChI is InChI=1S/C19H19N3O3S/c23-16-13-26-19(25)22(16)12-11-20-18(24)21-17(14-7-3-1-4-8-14)15-9-5-2-6-10-15/h1-10,17H,11-13H2,(H2,20,21,24). The van der Waals surface area contributed by atoms with Crippen LogP contribution in [0.5, 0.6) is 0 Å². The van der Waals surface area contributed by atoms with E-state index in [1.165, 1.54) is 0 Å². The molecule has 4 amide bonds. The minimum Gasteiger partial charge on any atom is -0.336 e. The Labute approximate surface area is 156 Å². The predicted molar refractivity (Wildman–Crippen MR) is 101 cm³/mol. The molecule has 0 aliphatic carbocycles. The van der Waals surface area contributed by atoms with Gasteiger partial charge in [0.2, 0.25) is 5.91 Å². The maximum absolute atomic E-state index is 12.3. The van der Waals surface area contributed by atoms with Crippen molar-refractivity contribution in [3.63, 3.8) is 0 Å². The summed E-state index contributed by atoms with van der Waals surface area (Å²) in [5.41, 5.74) is 1.94. The third-order valence-corrected chi connectivity index (χ3v) is 4.86. The first-order valence-electron chi connectivity index (χ1n) is 8.26. The second-order valence-corrected chi connectivity index (χ2v) is 6.68. The quantitative estimate of drug-likeness (QED) is 0.821. The minimum absolute atomic E-state index is 0.176. The molecule has 1 fully saturated rings. The lowest BCUT2D eigenvalue weighted by molar-refractivity contribution is -0.124. The Bertz CT molecular complexity index is 728. The Hall–Kier alpha value is -2.80. The second-order valence-electron chi connectivity index (χ2n) is 5.75. The van der Waals surface area contributed by atoms with Crippen molar-refractivity contribution in [3.8, 4) is 0 Å². The smallest absolute Gasteiger partial charge is 0.315 e. The molecule has 26 heavy (non-hydrogen) atoms. The number of hydrogen-bond donors (Lipinski definition) is 2. The fourth-order valence-corrected chi connectivity index (χ4v) is 3.46. The summed E-state index contributed by atoms with van der Waals surface area (Å²) >= 11 is 0.987. The van der Waals surface area contributed by atoms with Crippen LogP contribution >= 0.6 is 11.8 Å². The van der Waals surface area contributed by atoms with Crippen molar-refractivity contribution in [2.45, 2.75) is 6.04 Å². The summed E-state index contributed by atoms with van der Waals surface area (Å²) in [7, 11) is 0. The molecular formula is C19H19N3O3S. The Kier molecular flexibility index (Phi) is 5.91. The summed E-state index contributed by atoms with van der Waals surface area (Å²) in [4.78, 5) is 36.6. The zero-order chi connectivity index (χ0) is 18.4. The Morgan fingerprint density at radius 2 is 1.58 bits per heavy atom. The van der Waals surface area contributed by atoms with Crippen molar-refractivity contribution >= 4 is 28.9 Å². The normalized spacial score (nSPS) is 14.0. The molecule has 6 nitrogen and oxygen atoms in total. The third-order valence-electron chi connectivity index (χ3n) is 4.00. The lowest BCUT2D eigenvalue weighted by atomic mass is 9.99. The van der Waals surface area contributed by atoms with Gasteiger partial charge in [0.1, 0.15) is 0 Å². The van der Waals surface area contributed by atoms with Crippen molar-refractivity contribution in [1.82, 2.24) is 15.5 Å². The molecule has 2 aromatic carbocycles. The van der Waals surface area contributed by atoms with E-state index in [-0.39, 0.29) is 42.1 Å². The van der Waals surface area contributed by atoms with E-state index in [9.17, 15) is 14.4 Å². The number of nitrogens with one attached hydrogen (secondary N) is 2. The zero-order valence-corrected chi connectivity index (χ0v) is 14.9. The highest BCUT2D eigenvalue weighted by Gasteiger charge is 2.29. The van der Waals surface area contributed by atoms with Crippen LogP contribution in [-0.4, -0.2) is 40.9 Å². The summed E-state index contributed by atoms with van der Waals surface area (Å²) in [5.74, 6) is -0.0385. The molecule has 0 radical (unpaired) electrons. The summed E-state index contributed by atoms with van der Waals surface area (Å²) in [6.07, 6.45) is 0. The van der Waals surface area contributed by atoms with Gasteiger partial charge in [-0.25, -0.2) is 4.79 Å². The van der Waals surface area contributed by atoms with Gasteiger partial charge in [-0.05, 0) is 11.1 Å². The van der Waals surface area contributed by atoms with Gasteiger partial charge in [-0.15, -0.1) is 0 Å². The molecule has 0 unspecified atom stereocenters. The fraction of sp³-hybridized carbons (Fsp3) is 0.211. The van der Waals surface area contributed by atoms with Gasteiger partial charge < -0.3 is 10.6 Å². The molecule has 2 N–H and O–H groups in total. The minimum atomic E-state index is -0.352. The van der Waals surface area contributed by atoms with Crippen LogP contribution < -0.4 is 10.6 Å². The number of carbonyl (C=O) groups is 3. The largest absolute Gasteiger partial charge is 0.336 e. The topological polar surface area (TPSA) is 78.5 Å². The van der Waals surface area contributed by atoms with Crippen molar-refractivity contribution in [1.29, 1.82) is 0 Å². The van der Waals surface area contributed by atoms with Crippen molar-refractivity contribution in [2.75, 3.05) is 18.8 Å². The van der Waals surface area contributed by atoms with E-state index in [1.807, 2.05) is 60.7 Å². The van der Waals surface area contributed by atoms with Gasteiger partial charge in [0, 0.05) is 13.1 Å². The van der Waals surface area contributed by atoms with Crippen LogP contribution in [0.15, 0.2) is 60.7 Å². The molecule has 3 rings (SSSR count). The van der Waals surface area contributed by atoms with Gasteiger partial charge in [-0.1, -0.05) is 72.4 Å². The van der Waals surface area contributed by atoms with E-state index in [0.29, 0.717) is 0 Å². The SMILES string of the molecule is O=C(NCCN1C(=O)CSC1=O)NC(c1ccccc1)c1ccccc1. The summed E-state index contributed by atoms with van der Waals surface area (Å²) < 4.78 is 0. The number of thioether (sulfide) groups is 1. The molecule has 1 heterocycles. The van der Waals surface area contributed by atoms with E-state index in [0.717, 1.165) is 27.8 Å². The average molecular weight is 369 g/mol. The van der Waals surface area contributed by atoms with Crippen LogP contribution in [0.1, 0.15) is 17.2 Å². The van der Waals surface area contributed by atoms with Gasteiger partial charge in [0.15, 0.2) is 0 Å².